The van der Waals surface area contributed by atoms with Crippen LogP contribution in [0.2, 0.25) is 0 Å². The number of rotatable bonds is 3. The van der Waals surface area contributed by atoms with E-state index in [-0.39, 0.29) is 5.75 Å². The summed E-state index contributed by atoms with van der Waals surface area (Å²) in [6.07, 6.45) is 2.93. The summed E-state index contributed by atoms with van der Waals surface area (Å²) in [6.45, 7) is 2.95. The van der Waals surface area contributed by atoms with Crippen LogP contribution in [0.4, 0.5) is 0 Å². The van der Waals surface area contributed by atoms with Gasteiger partial charge in [0.25, 0.3) is 0 Å². The van der Waals surface area contributed by atoms with Gasteiger partial charge < -0.3 is 4.98 Å². The molecule has 0 bridgehead atoms. The molecule has 1 aliphatic heterocycles. The molecule has 4 nitrogen and oxygen atoms in total. The van der Waals surface area contributed by atoms with Crippen molar-refractivity contribution in [2.45, 2.75) is 19.3 Å². The van der Waals surface area contributed by atoms with Gasteiger partial charge in [0.15, 0.2) is 0 Å². The summed E-state index contributed by atoms with van der Waals surface area (Å²) in [5.74, 6) is 0.491. The Kier molecular flexibility index (Phi) is 3.11. The second kappa shape index (κ2) is 4.65. The third kappa shape index (κ3) is 2.17. The van der Waals surface area contributed by atoms with Crippen molar-refractivity contribution in [1.82, 2.24) is 9.29 Å². The monoisotopic (exact) mass is 278 g/mol. The first kappa shape index (κ1) is 12.7. The number of H-pyrrole nitrogens is 1. The van der Waals surface area contributed by atoms with Crippen molar-refractivity contribution in [3.05, 3.63) is 36.0 Å². The summed E-state index contributed by atoms with van der Waals surface area (Å²) in [5, 5.41) is 1.21. The first-order valence-corrected chi connectivity index (χ1v) is 8.26. The van der Waals surface area contributed by atoms with E-state index >= 15 is 0 Å². The molecular weight excluding hydrogens is 260 g/mol. The standard InChI is InChI=1S/C14H18N2O2S/c1-2-19(17,18)16-8-7-11(10-16)13-9-15-14-6-4-3-5-12(13)14/h3-6,9,11,15H,2,7-8,10H2,1H3. The van der Waals surface area contributed by atoms with Crippen molar-refractivity contribution in [3.63, 3.8) is 0 Å². The molecule has 0 radical (unpaired) electrons. The normalized spacial score (nSPS) is 21.2. The average Bonchev–Trinajstić information content (AvgIpc) is 3.05. The number of para-hydroxylation sites is 1. The van der Waals surface area contributed by atoms with Crippen LogP contribution in [0.3, 0.4) is 0 Å². The molecule has 0 saturated carbocycles. The molecule has 1 unspecified atom stereocenters. The molecule has 1 saturated heterocycles. The van der Waals surface area contributed by atoms with Gasteiger partial charge in [0.1, 0.15) is 0 Å². The first-order chi connectivity index (χ1) is 9.12. The number of nitrogens with one attached hydrogen (secondary N) is 1. The second-order valence-electron chi connectivity index (χ2n) is 5.03. The van der Waals surface area contributed by atoms with Gasteiger partial charge in [-0.3, -0.25) is 0 Å². The molecule has 0 aliphatic carbocycles. The predicted octanol–water partition coefficient (Wildman–Crippen LogP) is 2.31. The molecule has 2 heterocycles. The molecule has 1 atom stereocenters. The summed E-state index contributed by atoms with van der Waals surface area (Å²) in [4.78, 5) is 3.26. The van der Waals surface area contributed by atoms with E-state index < -0.39 is 10.0 Å². The van der Waals surface area contributed by atoms with Gasteiger partial charge in [-0.25, -0.2) is 12.7 Å². The highest BCUT2D eigenvalue weighted by atomic mass is 32.2. The topological polar surface area (TPSA) is 53.2 Å². The molecule has 1 aromatic carbocycles. The Balaban J connectivity index is 1.89. The molecule has 0 spiro atoms. The zero-order chi connectivity index (χ0) is 13.5. The summed E-state index contributed by atoms with van der Waals surface area (Å²) >= 11 is 0. The summed E-state index contributed by atoms with van der Waals surface area (Å²) in [5.41, 5.74) is 2.36. The maximum absolute atomic E-state index is 11.9. The van der Waals surface area contributed by atoms with E-state index in [2.05, 4.69) is 11.1 Å². The van der Waals surface area contributed by atoms with Crippen molar-refractivity contribution >= 4 is 20.9 Å². The van der Waals surface area contributed by atoms with E-state index in [0.717, 1.165) is 11.9 Å². The lowest BCUT2D eigenvalue weighted by molar-refractivity contribution is 0.474. The number of hydrogen-bond donors (Lipinski definition) is 1. The van der Waals surface area contributed by atoms with Gasteiger partial charge >= 0.3 is 0 Å². The van der Waals surface area contributed by atoms with Crippen LogP contribution >= 0.6 is 0 Å². The summed E-state index contributed by atoms with van der Waals surface area (Å²) < 4.78 is 25.4. The van der Waals surface area contributed by atoms with Crippen LogP contribution in [0.25, 0.3) is 10.9 Å². The molecule has 5 heteroatoms. The van der Waals surface area contributed by atoms with E-state index in [1.807, 2.05) is 24.4 Å². The Morgan fingerprint density at radius 2 is 2.16 bits per heavy atom. The lowest BCUT2D eigenvalue weighted by Crippen LogP contribution is -2.29. The molecule has 1 fully saturated rings. The number of sulfonamides is 1. The van der Waals surface area contributed by atoms with Crippen molar-refractivity contribution in [2.75, 3.05) is 18.8 Å². The Hall–Kier alpha value is -1.33. The molecule has 1 N–H and O–H groups in total. The SMILES string of the molecule is CCS(=O)(=O)N1CCC(c2c[nH]c3ccccc23)C1. The maximum Gasteiger partial charge on any atom is 0.213 e. The quantitative estimate of drug-likeness (QED) is 0.936. The summed E-state index contributed by atoms with van der Waals surface area (Å²) in [6, 6.07) is 8.17. The third-order valence-electron chi connectivity index (χ3n) is 3.97. The lowest BCUT2D eigenvalue weighted by atomic mass is 9.98. The van der Waals surface area contributed by atoms with Crippen LogP contribution in [-0.2, 0) is 10.0 Å². The Morgan fingerprint density at radius 1 is 1.37 bits per heavy atom. The van der Waals surface area contributed by atoms with Crippen molar-refractivity contribution in [3.8, 4) is 0 Å². The van der Waals surface area contributed by atoms with E-state index in [1.54, 1.807) is 11.2 Å². The molecule has 1 aromatic heterocycles. The number of nitrogens with zero attached hydrogens (tertiary/aromatic N) is 1. The molecule has 3 rings (SSSR count). The van der Waals surface area contributed by atoms with Crippen LogP contribution < -0.4 is 0 Å². The third-order valence-corrected chi connectivity index (χ3v) is 5.82. The number of aromatic amines is 1. The van der Waals surface area contributed by atoms with Crippen LogP contribution in [-0.4, -0.2) is 36.5 Å². The fraction of sp³-hybridized carbons (Fsp3) is 0.429. The van der Waals surface area contributed by atoms with Crippen molar-refractivity contribution in [1.29, 1.82) is 0 Å². The van der Waals surface area contributed by atoms with Gasteiger partial charge in [0.05, 0.1) is 5.75 Å². The number of hydrogen-bond acceptors (Lipinski definition) is 2. The van der Waals surface area contributed by atoms with Gasteiger partial charge in [0.2, 0.25) is 10.0 Å². The number of fused-ring (bicyclic) bond motifs is 1. The summed E-state index contributed by atoms with van der Waals surface area (Å²) in [7, 11) is -3.05. The fourth-order valence-corrected chi connectivity index (χ4v) is 4.00. The van der Waals surface area contributed by atoms with Gasteiger partial charge in [-0.2, -0.15) is 0 Å². The highest BCUT2D eigenvalue weighted by molar-refractivity contribution is 7.89. The van der Waals surface area contributed by atoms with Crippen LogP contribution in [0.15, 0.2) is 30.5 Å². The molecule has 102 valence electrons. The van der Waals surface area contributed by atoms with Gasteiger partial charge in [0, 0.05) is 36.1 Å². The van der Waals surface area contributed by atoms with Gasteiger partial charge in [-0.15, -0.1) is 0 Å². The number of aromatic nitrogens is 1. The van der Waals surface area contributed by atoms with Gasteiger partial charge in [-0.1, -0.05) is 18.2 Å². The molecule has 1 aliphatic rings. The molecule has 0 amide bonds. The van der Waals surface area contributed by atoms with E-state index in [4.69, 9.17) is 0 Å². The van der Waals surface area contributed by atoms with Crippen LogP contribution in [0.1, 0.15) is 24.8 Å². The first-order valence-electron chi connectivity index (χ1n) is 6.65. The van der Waals surface area contributed by atoms with E-state index in [0.29, 0.717) is 19.0 Å². The fourth-order valence-electron chi connectivity index (χ4n) is 2.85. The Labute approximate surface area is 113 Å². The minimum atomic E-state index is -3.05. The second-order valence-corrected chi connectivity index (χ2v) is 7.29. The lowest BCUT2D eigenvalue weighted by Gasteiger charge is -2.15. The maximum atomic E-state index is 11.9. The minimum Gasteiger partial charge on any atom is -0.361 e. The Morgan fingerprint density at radius 3 is 2.95 bits per heavy atom. The van der Waals surface area contributed by atoms with Crippen molar-refractivity contribution < 1.29 is 8.42 Å². The van der Waals surface area contributed by atoms with Crippen molar-refractivity contribution in [2.24, 2.45) is 0 Å². The minimum absolute atomic E-state index is 0.188. The van der Waals surface area contributed by atoms with E-state index in [9.17, 15) is 8.42 Å². The zero-order valence-electron chi connectivity index (χ0n) is 11.0. The molecular formula is C14H18N2O2S. The zero-order valence-corrected chi connectivity index (χ0v) is 11.8. The van der Waals surface area contributed by atoms with Gasteiger partial charge in [-0.05, 0) is 25.0 Å². The van der Waals surface area contributed by atoms with E-state index in [1.165, 1.54) is 10.9 Å². The highest BCUT2D eigenvalue weighted by Crippen LogP contribution is 2.33. The highest BCUT2D eigenvalue weighted by Gasteiger charge is 2.31. The molecule has 2 aromatic rings. The molecule has 19 heavy (non-hydrogen) atoms. The largest absolute Gasteiger partial charge is 0.361 e. The Bertz CT molecular complexity index is 690. The predicted molar refractivity (Wildman–Crippen MR) is 76.7 cm³/mol. The van der Waals surface area contributed by atoms with Crippen LogP contribution in [0.5, 0.6) is 0 Å². The number of benzene rings is 1. The average molecular weight is 278 g/mol. The van der Waals surface area contributed by atoms with Crippen LogP contribution in [0, 0.1) is 0 Å². The smallest absolute Gasteiger partial charge is 0.213 e.